The first-order valence-electron chi connectivity index (χ1n) is 7.17. The Morgan fingerprint density at radius 2 is 2.25 bits per heavy atom. The number of β-amino-alcohol motifs (C(OH)–C–C–N with tert-alkyl or cyclic N) is 1. The summed E-state index contributed by atoms with van der Waals surface area (Å²) in [5, 5.41) is 9.91. The summed E-state index contributed by atoms with van der Waals surface area (Å²) >= 11 is 0. The van der Waals surface area contributed by atoms with Crippen molar-refractivity contribution in [3.63, 3.8) is 0 Å². The smallest absolute Gasteiger partial charge is 0.293 e. The SMILES string of the molecule is CCCn1ccnc(N2CC(O)CC2CN(C)C)c1=O. The first-order chi connectivity index (χ1) is 9.52. The van der Waals surface area contributed by atoms with Gasteiger partial charge >= 0.3 is 0 Å². The first kappa shape index (κ1) is 15.0. The lowest BCUT2D eigenvalue weighted by atomic mass is 10.2. The lowest BCUT2D eigenvalue weighted by Crippen LogP contribution is -2.41. The molecule has 20 heavy (non-hydrogen) atoms. The van der Waals surface area contributed by atoms with E-state index < -0.39 is 0 Å². The molecule has 1 N–H and O–H groups in total. The van der Waals surface area contributed by atoms with Gasteiger partial charge in [-0.3, -0.25) is 4.79 Å². The fourth-order valence-corrected chi connectivity index (χ4v) is 2.80. The molecule has 0 aliphatic carbocycles. The number of aliphatic hydroxyl groups is 1. The van der Waals surface area contributed by atoms with Crippen molar-refractivity contribution in [2.75, 3.05) is 32.1 Å². The average Bonchev–Trinajstić information content (AvgIpc) is 2.72. The van der Waals surface area contributed by atoms with Crippen LogP contribution in [0.5, 0.6) is 0 Å². The summed E-state index contributed by atoms with van der Waals surface area (Å²) < 4.78 is 1.69. The Kier molecular flexibility index (Phi) is 4.77. The number of aliphatic hydroxyl groups excluding tert-OH is 1. The van der Waals surface area contributed by atoms with Gasteiger partial charge in [0.2, 0.25) is 0 Å². The van der Waals surface area contributed by atoms with E-state index in [2.05, 4.69) is 9.88 Å². The van der Waals surface area contributed by atoms with E-state index in [-0.39, 0.29) is 17.7 Å². The number of anilines is 1. The molecule has 0 aromatic carbocycles. The summed E-state index contributed by atoms with van der Waals surface area (Å²) in [5.74, 6) is 0.462. The molecule has 0 radical (unpaired) electrons. The number of rotatable bonds is 5. The molecule has 1 fully saturated rings. The van der Waals surface area contributed by atoms with Gasteiger partial charge in [0.05, 0.1) is 6.10 Å². The molecule has 0 bridgehead atoms. The van der Waals surface area contributed by atoms with Gasteiger partial charge in [0, 0.05) is 38.1 Å². The Morgan fingerprint density at radius 1 is 1.50 bits per heavy atom. The van der Waals surface area contributed by atoms with Crippen LogP contribution in [0.25, 0.3) is 0 Å². The standard InChI is InChI=1S/C14H24N4O2/c1-4-6-17-7-5-15-13(14(17)20)18-10-12(19)8-11(18)9-16(2)3/h5,7,11-12,19H,4,6,8-10H2,1-3H3. The Morgan fingerprint density at radius 3 is 2.90 bits per heavy atom. The Bertz CT molecular complexity index is 500. The number of likely N-dealkylation sites (N-methyl/N-ethyl adjacent to an activating group) is 1. The quantitative estimate of drug-likeness (QED) is 0.832. The summed E-state index contributed by atoms with van der Waals surface area (Å²) in [5.41, 5.74) is -0.0628. The number of hydrogen-bond donors (Lipinski definition) is 1. The van der Waals surface area contributed by atoms with E-state index in [1.54, 1.807) is 17.0 Å². The molecule has 0 amide bonds. The minimum absolute atomic E-state index is 0.0628. The maximum Gasteiger partial charge on any atom is 0.293 e. The molecule has 2 atom stereocenters. The van der Waals surface area contributed by atoms with Gasteiger partial charge in [-0.15, -0.1) is 0 Å². The van der Waals surface area contributed by atoms with Gasteiger partial charge in [0.15, 0.2) is 5.82 Å². The van der Waals surface area contributed by atoms with Crippen molar-refractivity contribution >= 4 is 5.82 Å². The molecule has 1 aromatic heterocycles. The van der Waals surface area contributed by atoms with E-state index in [9.17, 15) is 9.90 Å². The molecule has 2 unspecified atom stereocenters. The molecule has 0 saturated carbocycles. The fraction of sp³-hybridized carbons (Fsp3) is 0.714. The molecule has 0 spiro atoms. The van der Waals surface area contributed by atoms with Crippen LogP contribution < -0.4 is 10.5 Å². The second-order valence-electron chi connectivity index (χ2n) is 5.71. The number of nitrogens with zero attached hydrogens (tertiary/aromatic N) is 4. The molecular formula is C14H24N4O2. The van der Waals surface area contributed by atoms with Gasteiger partial charge < -0.3 is 19.5 Å². The Balaban J connectivity index is 2.29. The van der Waals surface area contributed by atoms with Gasteiger partial charge in [-0.2, -0.15) is 0 Å². The maximum absolute atomic E-state index is 12.4. The zero-order valence-corrected chi connectivity index (χ0v) is 12.5. The third kappa shape index (κ3) is 3.19. The topological polar surface area (TPSA) is 61.6 Å². The van der Waals surface area contributed by atoms with Crippen LogP contribution in [0.4, 0.5) is 5.82 Å². The zero-order valence-electron chi connectivity index (χ0n) is 12.5. The molecule has 1 aliphatic rings. The second kappa shape index (κ2) is 6.37. The van der Waals surface area contributed by atoms with Gasteiger partial charge in [-0.1, -0.05) is 6.92 Å². The van der Waals surface area contributed by atoms with Crippen molar-refractivity contribution in [2.24, 2.45) is 0 Å². The van der Waals surface area contributed by atoms with Crippen molar-refractivity contribution in [1.29, 1.82) is 0 Å². The molecule has 1 aliphatic heterocycles. The fourth-order valence-electron chi connectivity index (χ4n) is 2.80. The Labute approximate surface area is 119 Å². The average molecular weight is 280 g/mol. The molecule has 2 rings (SSSR count). The van der Waals surface area contributed by atoms with E-state index in [0.717, 1.165) is 13.0 Å². The minimum Gasteiger partial charge on any atom is -0.391 e. The highest BCUT2D eigenvalue weighted by molar-refractivity contribution is 5.39. The minimum atomic E-state index is -0.388. The molecule has 112 valence electrons. The van der Waals surface area contributed by atoms with Crippen molar-refractivity contribution in [1.82, 2.24) is 14.5 Å². The van der Waals surface area contributed by atoms with E-state index in [1.807, 2.05) is 25.9 Å². The van der Waals surface area contributed by atoms with Crippen LogP contribution in [-0.4, -0.2) is 58.9 Å². The van der Waals surface area contributed by atoms with Crippen LogP contribution in [0.3, 0.4) is 0 Å². The van der Waals surface area contributed by atoms with Crippen molar-refractivity contribution in [3.05, 3.63) is 22.7 Å². The molecule has 6 nitrogen and oxygen atoms in total. The molecule has 1 aromatic rings. The van der Waals surface area contributed by atoms with Gasteiger partial charge in [-0.25, -0.2) is 4.98 Å². The highest BCUT2D eigenvalue weighted by atomic mass is 16.3. The van der Waals surface area contributed by atoms with E-state index in [1.165, 1.54) is 0 Å². The van der Waals surface area contributed by atoms with Crippen LogP contribution in [0.2, 0.25) is 0 Å². The van der Waals surface area contributed by atoms with Crippen LogP contribution >= 0.6 is 0 Å². The lowest BCUT2D eigenvalue weighted by Gasteiger charge is -2.27. The van der Waals surface area contributed by atoms with Crippen molar-refractivity contribution < 1.29 is 5.11 Å². The summed E-state index contributed by atoms with van der Waals surface area (Å²) in [6.45, 7) is 4.03. The van der Waals surface area contributed by atoms with E-state index >= 15 is 0 Å². The van der Waals surface area contributed by atoms with Gasteiger partial charge in [0.25, 0.3) is 5.56 Å². The van der Waals surface area contributed by atoms with Crippen LogP contribution in [0.1, 0.15) is 19.8 Å². The van der Waals surface area contributed by atoms with Crippen molar-refractivity contribution in [2.45, 2.75) is 38.5 Å². The Hall–Kier alpha value is -1.40. The van der Waals surface area contributed by atoms with Crippen LogP contribution in [-0.2, 0) is 6.54 Å². The number of hydrogen-bond acceptors (Lipinski definition) is 5. The monoisotopic (exact) mass is 280 g/mol. The highest BCUT2D eigenvalue weighted by Crippen LogP contribution is 2.22. The molecule has 6 heteroatoms. The van der Waals surface area contributed by atoms with E-state index in [4.69, 9.17) is 0 Å². The van der Waals surface area contributed by atoms with Gasteiger partial charge in [-0.05, 0) is 26.9 Å². The molecule has 1 saturated heterocycles. The zero-order chi connectivity index (χ0) is 14.7. The van der Waals surface area contributed by atoms with Gasteiger partial charge in [0.1, 0.15) is 0 Å². The summed E-state index contributed by atoms with van der Waals surface area (Å²) in [4.78, 5) is 20.7. The van der Waals surface area contributed by atoms with Crippen LogP contribution in [0.15, 0.2) is 17.2 Å². The first-order valence-corrected chi connectivity index (χ1v) is 7.17. The number of aromatic nitrogens is 2. The summed E-state index contributed by atoms with van der Waals surface area (Å²) in [7, 11) is 3.99. The molecule has 2 heterocycles. The largest absolute Gasteiger partial charge is 0.391 e. The third-order valence-electron chi connectivity index (χ3n) is 3.60. The summed E-state index contributed by atoms with van der Waals surface area (Å²) in [6, 6.07) is 0.137. The van der Waals surface area contributed by atoms with E-state index in [0.29, 0.717) is 25.3 Å². The normalized spacial score (nSPS) is 22.8. The predicted octanol–water partition coefficient (Wildman–Crippen LogP) is 0.155. The lowest BCUT2D eigenvalue weighted by molar-refractivity contribution is 0.191. The maximum atomic E-state index is 12.4. The number of aryl methyl sites for hydroxylation is 1. The van der Waals surface area contributed by atoms with Crippen molar-refractivity contribution in [3.8, 4) is 0 Å². The molecular weight excluding hydrogens is 256 g/mol. The predicted molar refractivity (Wildman–Crippen MR) is 79.1 cm³/mol. The van der Waals surface area contributed by atoms with Crippen LogP contribution in [0, 0.1) is 0 Å². The highest BCUT2D eigenvalue weighted by Gasteiger charge is 2.33. The summed E-state index contributed by atoms with van der Waals surface area (Å²) in [6.07, 6.45) is 4.60. The second-order valence-corrected chi connectivity index (χ2v) is 5.71. The third-order valence-corrected chi connectivity index (χ3v) is 3.60.